The first-order valence-electron chi connectivity index (χ1n) is 3.87. The molecule has 0 fully saturated rings. The van der Waals surface area contributed by atoms with Gasteiger partial charge in [0.15, 0.2) is 0 Å². The third-order valence-corrected chi connectivity index (χ3v) is 2.97. The van der Waals surface area contributed by atoms with E-state index < -0.39 is 0 Å². The van der Waals surface area contributed by atoms with Gasteiger partial charge in [-0.15, -0.1) is 0 Å². The van der Waals surface area contributed by atoms with E-state index in [1.165, 1.54) is 10.9 Å². The van der Waals surface area contributed by atoms with Crippen molar-refractivity contribution in [3.8, 4) is 0 Å². The maximum absolute atomic E-state index is 4.03. The molecule has 0 radical (unpaired) electrons. The van der Waals surface area contributed by atoms with Crippen LogP contribution in [0.25, 0.3) is 0 Å². The van der Waals surface area contributed by atoms with Gasteiger partial charge in [-0.05, 0) is 24.1 Å². The maximum Gasteiger partial charge on any atom is 0.147 e. The Morgan fingerprint density at radius 2 is 1.82 bits per heavy atom. The summed E-state index contributed by atoms with van der Waals surface area (Å²) >= 11 is 0. The molecule has 0 spiro atoms. The Labute approximate surface area is 69.6 Å². The normalized spacial score (nSPS) is 11.3. The summed E-state index contributed by atoms with van der Waals surface area (Å²) in [6.45, 7) is 4.35. The summed E-state index contributed by atoms with van der Waals surface area (Å²) in [5, 5.41) is 1.39. The third kappa shape index (κ3) is 2.17. The van der Waals surface area contributed by atoms with Gasteiger partial charge in [0, 0.05) is 0 Å². The van der Waals surface area contributed by atoms with Crippen molar-refractivity contribution in [2.75, 3.05) is 6.66 Å². The van der Waals surface area contributed by atoms with Gasteiger partial charge in [-0.3, -0.25) is 0 Å². The second kappa shape index (κ2) is 3.69. The summed E-state index contributed by atoms with van der Waals surface area (Å²) in [6, 6.07) is 8.77. The van der Waals surface area contributed by atoms with Gasteiger partial charge in [0.2, 0.25) is 0 Å². The van der Waals surface area contributed by atoms with E-state index in [-0.39, 0.29) is 7.55 Å². The van der Waals surface area contributed by atoms with Crippen LogP contribution >= 0.6 is 7.55 Å². The first-order valence-corrected chi connectivity index (χ1v) is 5.84. The molecule has 1 unspecified atom stereocenters. The standard InChI is InChI=1S/C10H14P/c1-4-9-5-7-10(8-6-9)11(2)3/h5-8H,2,4H2,1,3H3/q+1. The molecule has 11 heavy (non-hydrogen) atoms. The van der Waals surface area contributed by atoms with Crippen LogP contribution in [0.1, 0.15) is 12.5 Å². The van der Waals surface area contributed by atoms with Crippen molar-refractivity contribution in [3.63, 3.8) is 0 Å². The van der Waals surface area contributed by atoms with Gasteiger partial charge in [-0.2, -0.15) is 0 Å². The molecule has 0 saturated heterocycles. The first kappa shape index (κ1) is 8.49. The van der Waals surface area contributed by atoms with E-state index in [0.717, 1.165) is 6.42 Å². The molecule has 0 saturated carbocycles. The first-order chi connectivity index (χ1) is 5.24. The van der Waals surface area contributed by atoms with Crippen molar-refractivity contribution in [1.29, 1.82) is 0 Å². The van der Waals surface area contributed by atoms with Crippen molar-refractivity contribution >= 4 is 19.1 Å². The molecule has 0 aromatic heterocycles. The third-order valence-electron chi connectivity index (χ3n) is 1.79. The van der Waals surface area contributed by atoms with Crippen LogP contribution in [0.15, 0.2) is 24.3 Å². The molecule has 0 nitrogen and oxygen atoms in total. The van der Waals surface area contributed by atoms with Gasteiger partial charge in [0.25, 0.3) is 0 Å². The molecular formula is C10H14P+. The highest BCUT2D eigenvalue weighted by Gasteiger charge is 2.01. The van der Waals surface area contributed by atoms with Crippen LogP contribution < -0.4 is 5.30 Å². The average Bonchev–Trinajstić information content (AvgIpc) is 2.05. The van der Waals surface area contributed by atoms with Crippen LogP contribution in [0.5, 0.6) is 0 Å². The number of benzene rings is 1. The zero-order valence-electron chi connectivity index (χ0n) is 7.17. The lowest BCUT2D eigenvalue weighted by Gasteiger charge is -1.93. The van der Waals surface area contributed by atoms with Gasteiger partial charge in [-0.25, -0.2) is 0 Å². The summed E-state index contributed by atoms with van der Waals surface area (Å²) in [6.07, 6.45) is 5.15. The minimum absolute atomic E-state index is 0.163. The number of hydrogen-bond acceptors (Lipinski definition) is 0. The summed E-state index contributed by atoms with van der Waals surface area (Å²) in [4.78, 5) is 0. The molecular weight excluding hydrogens is 151 g/mol. The molecule has 0 amide bonds. The summed E-state index contributed by atoms with van der Waals surface area (Å²) in [5.41, 5.74) is 1.41. The van der Waals surface area contributed by atoms with Crippen LogP contribution in [0.4, 0.5) is 0 Å². The topological polar surface area (TPSA) is 0 Å². The molecule has 58 valence electrons. The highest BCUT2D eigenvalue weighted by atomic mass is 31.1. The van der Waals surface area contributed by atoms with Gasteiger partial charge >= 0.3 is 0 Å². The summed E-state index contributed by atoms with van der Waals surface area (Å²) in [5.74, 6) is 0. The Hall–Kier alpha value is -0.610. The average molecular weight is 165 g/mol. The fourth-order valence-corrected chi connectivity index (χ4v) is 1.64. The quantitative estimate of drug-likeness (QED) is 0.590. The molecule has 1 aromatic rings. The molecule has 1 atom stereocenters. The maximum atomic E-state index is 4.03. The van der Waals surface area contributed by atoms with E-state index in [0.29, 0.717) is 0 Å². The molecule has 1 heteroatoms. The highest BCUT2D eigenvalue weighted by molar-refractivity contribution is 7.62. The molecule has 1 rings (SSSR count). The minimum atomic E-state index is -0.163. The van der Waals surface area contributed by atoms with Crippen molar-refractivity contribution in [3.05, 3.63) is 29.8 Å². The SMILES string of the molecule is C=[P+](C)c1ccc(CC)cc1. The van der Waals surface area contributed by atoms with Crippen LogP contribution in [0.3, 0.4) is 0 Å². The van der Waals surface area contributed by atoms with Gasteiger partial charge in [-0.1, -0.05) is 19.1 Å². The number of aryl methyl sites for hydroxylation is 1. The Bertz CT molecular complexity index is 246. The fourth-order valence-electron chi connectivity index (χ4n) is 0.986. The van der Waals surface area contributed by atoms with Gasteiger partial charge in [0.1, 0.15) is 19.5 Å². The van der Waals surface area contributed by atoms with Crippen molar-refractivity contribution in [2.45, 2.75) is 13.3 Å². The number of hydrogen-bond donors (Lipinski definition) is 0. The van der Waals surface area contributed by atoms with Crippen molar-refractivity contribution < 1.29 is 0 Å². The largest absolute Gasteiger partial charge is 0.147 e. The molecule has 0 bridgehead atoms. The number of rotatable bonds is 2. The lowest BCUT2D eigenvalue weighted by atomic mass is 10.2. The van der Waals surface area contributed by atoms with E-state index >= 15 is 0 Å². The molecule has 1 aromatic carbocycles. The molecule has 0 N–H and O–H groups in total. The molecule has 0 aliphatic carbocycles. The van der Waals surface area contributed by atoms with Crippen LogP contribution in [0, 0.1) is 0 Å². The van der Waals surface area contributed by atoms with E-state index in [9.17, 15) is 0 Å². The second-order valence-electron chi connectivity index (χ2n) is 2.72. The minimum Gasteiger partial charge on any atom is -0.0613 e. The Balaban J connectivity index is 2.91. The van der Waals surface area contributed by atoms with Crippen molar-refractivity contribution in [2.24, 2.45) is 0 Å². The predicted octanol–water partition coefficient (Wildman–Crippen LogP) is 2.42. The molecule has 0 aliphatic rings. The highest BCUT2D eigenvalue weighted by Crippen LogP contribution is 2.12. The lowest BCUT2D eigenvalue weighted by molar-refractivity contribution is 1.14. The van der Waals surface area contributed by atoms with Crippen LogP contribution in [-0.4, -0.2) is 13.0 Å². The molecule has 0 heterocycles. The fraction of sp³-hybridized carbons (Fsp3) is 0.300. The zero-order valence-corrected chi connectivity index (χ0v) is 8.07. The van der Waals surface area contributed by atoms with Crippen molar-refractivity contribution in [1.82, 2.24) is 0 Å². The monoisotopic (exact) mass is 165 g/mol. The van der Waals surface area contributed by atoms with Crippen LogP contribution in [-0.2, 0) is 6.42 Å². The van der Waals surface area contributed by atoms with Gasteiger partial charge in [0.05, 0.1) is 6.30 Å². The predicted molar refractivity (Wildman–Crippen MR) is 55.4 cm³/mol. The van der Waals surface area contributed by atoms with Gasteiger partial charge < -0.3 is 0 Å². The van der Waals surface area contributed by atoms with E-state index in [2.05, 4.69) is 44.2 Å². The van der Waals surface area contributed by atoms with Crippen LogP contribution in [0.2, 0.25) is 0 Å². The Kier molecular flexibility index (Phi) is 2.84. The summed E-state index contributed by atoms with van der Waals surface area (Å²) in [7, 11) is -0.163. The van der Waals surface area contributed by atoms with E-state index in [4.69, 9.17) is 0 Å². The summed E-state index contributed by atoms with van der Waals surface area (Å²) < 4.78 is 0. The molecule has 0 aliphatic heterocycles. The lowest BCUT2D eigenvalue weighted by Crippen LogP contribution is -1.94. The Morgan fingerprint density at radius 1 is 1.27 bits per heavy atom. The zero-order chi connectivity index (χ0) is 8.27. The second-order valence-corrected chi connectivity index (χ2v) is 4.63. The smallest absolute Gasteiger partial charge is 0.0613 e. The van der Waals surface area contributed by atoms with E-state index in [1.807, 2.05) is 0 Å². The Morgan fingerprint density at radius 3 is 2.18 bits per heavy atom. The van der Waals surface area contributed by atoms with E-state index in [1.54, 1.807) is 0 Å².